The minimum absolute atomic E-state index is 0.264. The van der Waals surface area contributed by atoms with Crippen LogP contribution in [0.15, 0.2) is 18.2 Å². The number of nitrogens with zero attached hydrogens (tertiary/aromatic N) is 1. The third-order valence-electron chi connectivity index (χ3n) is 4.05. The molecule has 1 fully saturated rings. The van der Waals surface area contributed by atoms with E-state index in [0.29, 0.717) is 5.69 Å². The predicted molar refractivity (Wildman–Crippen MR) is 79.6 cm³/mol. The predicted octanol–water partition coefficient (Wildman–Crippen LogP) is 4.30. The molecule has 1 aromatic rings. The fourth-order valence-electron chi connectivity index (χ4n) is 2.79. The highest BCUT2D eigenvalue weighted by Crippen LogP contribution is 2.32. The van der Waals surface area contributed by atoms with E-state index in [1.54, 1.807) is 0 Å². The zero-order chi connectivity index (χ0) is 15.5. The molecule has 1 N–H and O–H groups in total. The first-order valence-corrected chi connectivity index (χ1v) is 7.57. The molecule has 0 bridgehead atoms. The Morgan fingerprint density at radius 2 is 1.90 bits per heavy atom. The van der Waals surface area contributed by atoms with E-state index in [2.05, 4.69) is 17.1 Å². The summed E-state index contributed by atoms with van der Waals surface area (Å²) in [6, 6.07) is 4.18. The molecule has 0 spiro atoms. The molecule has 0 amide bonds. The van der Waals surface area contributed by atoms with Gasteiger partial charge in [-0.1, -0.05) is 13.0 Å². The quantitative estimate of drug-likeness (QED) is 0.892. The van der Waals surface area contributed by atoms with Gasteiger partial charge in [-0.3, -0.25) is 0 Å². The molecule has 0 aliphatic carbocycles. The molecular weight excluding hydrogens is 277 g/mol. The summed E-state index contributed by atoms with van der Waals surface area (Å²) in [5.41, 5.74) is 0.886. The molecule has 1 saturated heterocycles. The van der Waals surface area contributed by atoms with Crippen LogP contribution >= 0.6 is 0 Å². The normalized spacial score (nSPS) is 18.0. The lowest BCUT2D eigenvalue weighted by Crippen LogP contribution is -2.39. The zero-order valence-corrected chi connectivity index (χ0v) is 12.6. The Labute approximate surface area is 124 Å². The SMILES string of the molecule is CCCN1CCC(Nc2cc(C(F)(F)F)ccc2C)CC1. The zero-order valence-electron chi connectivity index (χ0n) is 12.6. The molecule has 5 heteroatoms. The molecule has 0 unspecified atom stereocenters. The van der Waals surface area contributed by atoms with Crippen molar-refractivity contribution in [1.29, 1.82) is 0 Å². The highest BCUT2D eigenvalue weighted by atomic mass is 19.4. The van der Waals surface area contributed by atoms with Gasteiger partial charge >= 0.3 is 6.18 Å². The van der Waals surface area contributed by atoms with Gasteiger partial charge in [0.25, 0.3) is 0 Å². The summed E-state index contributed by atoms with van der Waals surface area (Å²) >= 11 is 0. The molecule has 2 rings (SSSR count). The van der Waals surface area contributed by atoms with E-state index in [1.807, 2.05) is 6.92 Å². The van der Waals surface area contributed by atoms with Gasteiger partial charge in [0.1, 0.15) is 0 Å². The number of aryl methyl sites for hydroxylation is 1. The van der Waals surface area contributed by atoms with Crippen LogP contribution in [0.5, 0.6) is 0 Å². The van der Waals surface area contributed by atoms with Gasteiger partial charge in [0, 0.05) is 24.8 Å². The lowest BCUT2D eigenvalue weighted by molar-refractivity contribution is -0.137. The Morgan fingerprint density at radius 3 is 2.48 bits per heavy atom. The molecule has 0 aromatic heterocycles. The smallest absolute Gasteiger partial charge is 0.382 e. The second kappa shape index (κ2) is 6.69. The van der Waals surface area contributed by atoms with Gasteiger partial charge in [0.2, 0.25) is 0 Å². The molecule has 1 aliphatic rings. The van der Waals surface area contributed by atoms with Crippen LogP contribution in [0.3, 0.4) is 0 Å². The molecule has 1 heterocycles. The molecule has 21 heavy (non-hydrogen) atoms. The van der Waals surface area contributed by atoms with E-state index in [4.69, 9.17) is 0 Å². The van der Waals surface area contributed by atoms with Crippen molar-refractivity contribution in [3.8, 4) is 0 Å². The minimum Gasteiger partial charge on any atom is -0.382 e. The first-order valence-electron chi connectivity index (χ1n) is 7.57. The van der Waals surface area contributed by atoms with Gasteiger partial charge in [0.05, 0.1) is 5.56 Å². The molecular formula is C16H23F3N2. The largest absolute Gasteiger partial charge is 0.416 e. The average Bonchev–Trinajstić information content (AvgIpc) is 2.42. The van der Waals surface area contributed by atoms with Crippen LogP contribution in [0.2, 0.25) is 0 Å². The molecule has 118 valence electrons. The van der Waals surface area contributed by atoms with Crippen molar-refractivity contribution in [2.45, 2.75) is 45.3 Å². The van der Waals surface area contributed by atoms with Crippen LogP contribution in [0.4, 0.5) is 18.9 Å². The second-order valence-corrected chi connectivity index (χ2v) is 5.79. The molecule has 2 nitrogen and oxygen atoms in total. The number of alkyl halides is 3. The molecule has 1 aliphatic heterocycles. The van der Waals surface area contributed by atoms with Crippen LogP contribution < -0.4 is 5.32 Å². The van der Waals surface area contributed by atoms with E-state index >= 15 is 0 Å². The lowest BCUT2D eigenvalue weighted by Gasteiger charge is -2.33. The fraction of sp³-hybridized carbons (Fsp3) is 0.625. The number of anilines is 1. The fourth-order valence-corrected chi connectivity index (χ4v) is 2.79. The first-order chi connectivity index (χ1) is 9.90. The number of rotatable bonds is 4. The van der Waals surface area contributed by atoms with E-state index in [1.165, 1.54) is 12.1 Å². The maximum Gasteiger partial charge on any atom is 0.416 e. The number of hydrogen-bond acceptors (Lipinski definition) is 2. The van der Waals surface area contributed by atoms with Gasteiger partial charge in [-0.05, 0) is 50.4 Å². The van der Waals surface area contributed by atoms with Crippen molar-refractivity contribution in [3.63, 3.8) is 0 Å². The maximum absolute atomic E-state index is 12.8. The third kappa shape index (κ3) is 4.37. The van der Waals surface area contributed by atoms with E-state index < -0.39 is 11.7 Å². The Kier molecular flexibility index (Phi) is 5.14. The van der Waals surface area contributed by atoms with E-state index in [0.717, 1.165) is 50.5 Å². The monoisotopic (exact) mass is 300 g/mol. The van der Waals surface area contributed by atoms with E-state index in [-0.39, 0.29) is 6.04 Å². The van der Waals surface area contributed by atoms with Crippen LogP contribution in [0, 0.1) is 6.92 Å². The summed E-state index contributed by atoms with van der Waals surface area (Å²) in [7, 11) is 0. The highest BCUT2D eigenvalue weighted by Gasteiger charge is 2.31. The molecule has 0 radical (unpaired) electrons. The summed E-state index contributed by atoms with van der Waals surface area (Å²) in [6.07, 6.45) is -1.18. The minimum atomic E-state index is -4.28. The van der Waals surface area contributed by atoms with Crippen molar-refractivity contribution in [2.75, 3.05) is 25.0 Å². The summed E-state index contributed by atoms with van der Waals surface area (Å²) in [5.74, 6) is 0. The van der Waals surface area contributed by atoms with Crippen molar-refractivity contribution in [1.82, 2.24) is 4.90 Å². The lowest BCUT2D eigenvalue weighted by atomic mass is 10.0. The Bertz CT molecular complexity index is 463. The Hall–Kier alpha value is -1.23. The number of nitrogens with one attached hydrogen (secondary N) is 1. The maximum atomic E-state index is 12.8. The van der Waals surface area contributed by atoms with Crippen molar-refractivity contribution in [2.24, 2.45) is 0 Å². The van der Waals surface area contributed by atoms with Crippen molar-refractivity contribution in [3.05, 3.63) is 29.3 Å². The summed E-state index contributed by atoms with van der Waals surface area (Å²) in [6.45, 7) is 7.15. The van der Waals surface area contributed by atoms with Gasteiger partial charge in [-0.2, -0.15) is 13.2 Å². The first kappa shape index (κ1) is 16.1. The number of benzene rings is 1. The van der Waals surface area contributed by atoms with Gasteiger partial charge in [-0.25, -0.2) is 0 Å². The van der Waals surface area contributed by atoms with Gasteiger partial charge in [0.15, 0.2) is 0 Å². The standard InChI is InChI=1S/C16H23F3N2/c1-3-8-21-9-6-14(7-10-21)20-15-11-13(16(17,18)19)5-4-12(15)2/h4-5,11,14,20H,3,6-10H2,1-2H3. The molecule has 0 atom stereocenters. The van der Waals surface area contributed by atoms with Crippen LogP contribution in [0.25, 0.3) is 0 Å². The van der Waals surface area contributed by atoms with E-state index in [9.17, 15) is 13.2 Å². The average molecular weight is 300 g/mol. The summed E-state index contributed by atoms with van der Waals surface area (Å²) < 4.78 is 38.3. The van der Waals surface area contributed by atoms with Crippen LogP contribution in [-0.2, 0) is 6.18 Å². The Morgan fingerprint density at radius 1 is 1.24 bits per heavy atom. The Balaban J connectivity index is 2.00. The summed E-state index contributed by atoms with van der Waals surface area (Å²) in [5, 5.41) is 3.30. The van der Waals surface area contributed by atoms with Crippen LogP contribution in [-0.4, -0.2) is 30.6 Å². The second-order valence-electron chi connectivity index (χ2n) is 5.79. The topological polar surface area (TPSA) is 15.3 Å². The number of halogens is 3. The highest BCUT2D eigenvalue weighted by molar-refractivity contribution is 5.54. The summed E-state index contributed by atoms with van der Waals surface area (Å²) in [4.78, 5) is 2.41. The third-order valence-corrected chi connectivity index (χ3v) is 4.05. The van der Waals surface area contributed by atoms with Crippen LogP contribution in [0.1, 0.15) is 37.3 Å². The molecule has 0 saturated carbocycles. The number of hydrogen-bond donors (Lipinski definition) is 1. The number of piperidine rings is 1. The van der Waals surface area contributed by atoms with Crippen molar-refractivity contribution < 1.29 is 13.2 Å². The van der Waals surface area contributed by atoms with Gasteiger partial charge in [-0.15, -0.1) is 0 Å². The number of likely N-dealkylation sites (tertiary alicyclic amines) is 1. The molecule has 1 aromatic carbocycles. The van der Waals surface area contributed by atoms with Gasteiger partial charge < -0.3 is 10.2 Å². The van der Waals surface area contributed by atoms with Crippen molar-refractivity contribution >= 4 is 5.69 Å².